The fourth-order valence-electron chi connectivity index (χ4n) is 3.92. The minimum Gasteiger partial charge on any atom is -0.497 e. The topological polar surface area (TPSA) is 79.9 Å². The summed E-state index contributed by atoms with van der Waals surface area (Å²) in [6.07, 6.45) is 5.04. The summed E-state index contributed by atoms with van der Waals surface area (Å²) in [5, 5.41) is 6.02. The first kappa shape index (κ1) is 22.8. The Bertz CT molecular complexity index is 1020. The zero-order valence-electron chi connectivity index (χ0n) is 18.6. The summed E-state index contributed by atoms with van der Waals surface area (Å²) in [4.78, 5) is 24.6. The number of rotatable bonds is 8. The van der Waals surface area contributed by atoms with Crippen LogP contribution in [-0.4, -0.2) is 43.8 Å². The molecule has 2 aromatic carbocycles. The average molecular weight is 454 g/mol. The molecule has 2 heterocycles. The van der Waals surface area contributed by atoms with Gasteiger partial charge >= 0.3 is 6.09 Å². The summed E-state index contributed by atoms with van der Waals surface area (Å²) >= 11 is 0. The minimum atomic E-state index is -0.552. The Labute approximate surface area is 192 Å². The predicted octanol–water partition coefficient (Wildman–Crippen LogP) is 3.74. The van der Waals surface area contributed by atoms with Crippen LogP contribution >= 0.6 is 0 Å². The van der Waals surface area contributed by atoms with Gasteiger partial charge in [-0.1, -0.05) is 24.3 Å². The van der Waals surface area contributed by atoms with Crippen LogP contribution in [0, 0.1) is 5.82 Å². The molecule has 7 nitrogen and oxygen atoms in total. The molecule has 2 N–H and O–H groups in total. The normalized spacial score (nSPS) is 19.8. The molecule has 2 aromatic rings. The molecule has 0 spiro atoms. The van der Waals surface area contributed by atoms with E-state index in [1.807, 2.05) is 30.3 Å². The maximum Gasteiger partial charge on any atom is 0.414 e. The molecule has 2 aliphatic rings. The summed E-state index contributed by atoms with van der Waals surface area (Å²) in [6, 6.07) is 12.4. The second-order valence-corrected chi connectivity index (χ2v) is 8.25. The van der Waals surface area contributed by atoms with Crippen LogP contribution in [0.2, 0.25) is 0 Å². The SMILES string of the molecule is CC(=O)NC[C@H]1CN(c2ccc(-c3ccc(CNCC4CCC=CO4)cc3)c(F)c2)C(=O)O1. The Morgan fingerprint density at radius 1 is 1.15 bits per heavy atom. The molecule has 0 bridgehead atoms. The van der Waals surface area contributed by atoms with Crippen molar-refractivity contribution in [2.75, 3.05) is 24.5 Å². The Morgan fingerprint density at radius 3 is 2.67 bits per heavy atom. The van der Waals surface area contributed by atoms with E-state index in [-0.39, 0.29) is 25.1 Å². The van der Waals surface area contributed by atoms with Gasteiger partial charge < -0.3 is 20.1 Å². The molecule has 1 saturated heterocycles. The van der Waals surface area contributed by atoms with Gasteiger partial charge in [0.15, 0.2) is 0 Å². The van der Waals surface area contributed by atoms with E-state index < -0.39 is 18.0 Å². The molecule has 0 aromatic heterocycles. The number of hydrogen-bond donors (Lipinski definition) is 2. The zero-order chi connectivity index (χ0) is 23.2. The van der Waals surface area contributed by atoms with Crippen LogP contribution < -0.4 is 15.5 Å². The Hall–Kier alpha value is -3.39. The van der Waals surface area contributed by atoms with Gasteiger partial charge in [-0.25, -0.2) is 9.18 Å². The first-order chi connectivity index (χ1) is 16.0. The van der Waals surface area contributed by atoms with E-state index in [0.717, 1.165) is 30.5 Å². The van der Waals surface area contributed by atoms with Crippen molar-refractivity contribution < 1.29 is 23.5 Å². The van der Waals surface area contributed by atoms with Gasteiger partial charge in [0.2, 0.25) is 5.91 Å². The van der Waals surface area contributed by atoms with Crippen LogP contribution in [0.5, 0.6) is 0 Å². The highest BCUT2D eigenvalue weighted by Gasteiger charge is 2.32. The second-order valence-electron chi connectivity index (χ2n) is 8.25. The van der Waals surface area contributed by atoms with Gasteiger partial charge in [0.05, 0.1) is 25.0 Å². The van der Waals surface area contributed by atoms with Crippen molar-refractivity contribution in [2.45, 2.75) is 38.5 Å². The van der Waals surface area contributed by atoms with Gasteiger partial charge in [0.1, 0.15) is 18.0 Å². The number of carbonyl (C=O) groups excluding carboxylic acids is 2. The van der Waals surface area contributed by atoms with Crippen LogP contribution in [0.1, 0.15) is 25.3 Å². The van der Waals surface area contributed by atoms with E-state index in [0.29, 0.717) is 17.8 Å². The van der Waals surface area contributed by atoms with Crippen molar-refractivity contribution in [2.24, 2.45) is 0 Å². The van der Waals surface area contributed by atoms with Gasteiger partial charge in [-0.3, -0.25) is 9.69 Å². The largest absolute Gasteiger partial charge is 0.497 e. The summed E-state index contributed by atoms with van der Waals surface area (Å²) < 4.78 is 25.7. The third-order valence-corrected chi connectivity index (χ3v) is 5.71. The van der Waals surface area contributed by atoms with Crippen molar-refractivity contribution in [1.29, 1.82) is 0 Å². The smallest absolute Gasteiger partial charge is 0.414 e. The van der Waals surface area contributed by atoms with E-state index in [1.54, 1.807) is 18.4 Å². The quantitative estimate of drug-likeness (QED) is 0.637. The molecule has 2 atom stereocenters. The van der Waals surface area contributed by atoms with Crippen LogP contribution in [0.4, 0.5) is 14.9 Å². The number of ether oxygens (including phenoxy) is 2. The molecule has 8 heteroatoms. The Balaban J connectivity index is 1.35. The summed E-state index contributed by atoms with van der Waals surface area (Å²) in [7, 11) is 0. The molecule has 4 rings (SSSR count). The van der Waals surface area contributed by atoms with Crippen LogP contribution in [0.3, 0.4) is 0 Å². The molecule has 0 radical (unpaired) electrons. The molecule has 1 fully saturated rings. The number of amides is 2. The first-order valence-electron chi connectivity index (χ1n) is 11.1. The van der Waals surface area contributed by atoms with Gasteiger partial charge in [0, 0.05) is 25.6 Å². The van der Waals surface area contributed by atoms with E-state index in [2.05, 4.69) is 10.6 Å². The van der Waals surface area contributed by atoms with Crippen LogP contribution in [0.15, 0.2) is 54.8 Å². The number of halogens is 1. The monoisotopic (exact) mass is 453 g/mol. The molecule has 2 aliphatic heterocycles. The zero-order valence-corrected chi connectivity index (χ0v) is 18.6. The van der Waals surface area contributed by atoms with Gasteiger partial charge in [0.25, 0.3) is 0 Å². The van der Waals surface area contributed by atoms with E-state index >= 15 is 0 Å². The summed E-state index contributed by atoms with van der Waals surface area (Å²) in [5.74, 6) is -0.614. The molecule has 0 saturated carbocycles. The number of nitrogens with one attached hydrogen (secondary N) is 2. The fourth-order valence-corrected chi connectivity index (χ4v) is 3.92. The van der Waals surface area contributed by atoms with Crippen molar-refractivity contribution in [3.8, 4) is 11.1 Å². The lowest BCUT2D eigenvalue weighted by Gasteiger charge is -2.19. The highest BCUT2D eigenvalue weighted by Crippen LogP contribution is 2.29. The standard InChI is InChI=1S/C25H28FN3O4/c1-17(30)28-15-22-16-29(25(31)33-22)20-9-10-23(24(26)12-20)19-7-5-18(6-8-19)13-27-14-21-4-2-3-11-32-21/h3,5-12,21-22,27H,2,4,13-16H2,1H3,(H,28,30)/t21?,22-/m0/s1. The third kappa shape index (κ3) is 5.90. The van der Waals surface area contributed by atoms with E-state index in [1.165, 1.54) is 17.9 Å². The third-order valence-electron chi connectivity index (χ3n) is 5.71. The Kier molecular flexibility index (Phi) is 7.24. The molecular weight excluding hydrogens is 425 g/mol. The maximum absolute atomic E-state index is 14.9. The number of cyclic esters (lactones) is 1. The van der Waals surface area contributed by atoms with Gasteiger partial charge in [-0.15, -0.1) is 0 Å². The minimum absolute atomic E-state index is 0.197. The van der Waals surface area contributed by atoms with Crippen molar-refractivity contribution in [1.82, 2.24) is 10.6 Å². The van der Waals surface area contributed by atoms with Crippen LogP contribution in [0.25, 0.3) is 11.1 Å². The first-order valence-corrected chi connectivity index (χ1v) is 11.1. The highest BCUT2D eigenvalue weighted by atomic mass is 19.1. The molecule has 1 unspecified atom stereocenters. The lowest BCUT2D eigenvalue weighted by atomic mass is 10.0. The molecular formula is C25H28FN3O4. The number of nitrogens with zero attached hydrogens (tertiary/aromatic N) is 1. The maximum atomic E-state index is 14.9. The number of anilines is 1. The van der Waals surface area contributed by atoms with E-state index in [4.69, 9.17) is 9.47 Å². The lowest BCUT2D eigenvalue weighted by molar-refractivity contribution is -0.119. The van der Waals surface area contributed by atoms with Crippen molar-refractivity contribution in [3.05, 3.63) is 66.2 Å². The number of allylic oxidation sites excluding steroid dienone is 1. The number of carbonyl (C=O) groups is 2. The summed E-state index contributed by atoms with van der Waals surface area (Å²) in [6.45, 7) is 3.37. The predicted molar refractivity (Wildman–Crippen MR) is 123 cm³/mol. The molecule has 0 aliphatic carbocycles. The number of benzene rings is 2. The highest BCUT2D eigenvalue weighted by molar-refractivity contribution is 5.90. The number of hydrogen-bond acceptors (Lipinski definition) is 5. The molecule has 2 amide bonds. The van der Waals surface area contributed by atoms with Gasteiger partial charge in [-0.05, 0) is 48.2 Å². The lowest BCUT2D eigenvalue weighted by Crippen LogP contribution is -2.33. The second kappa shape index (κ2) is 10.5. The fraction of sp³-hybridized carbons (Fsp3) is 0.360. The van der Waals surface area contributed by atoms with Gasteiger partial charge in [-0.2, -0.15) is 0 Å². The van der Waals surface area contributed by atoms with Crippen molar-refractivity contribution >= 4 is 17.7 Å². The average Bonchev–Trinajstić information content (AvgIpc) is 3.19. The van der Waals surface area contributed by atoms with Crippen molar-refractivity contribution in [3.63, 3.8) is 0 Å². The summed E-state index contributed by atoms with van der Waals surface area (Å²) in [5.41, 5.74) is 2.75. The van der Waals surface area contributed by atoms with Crippen LogP contribution in [-0.2, 0) is 20.8 Å². The van der Waals surface area contributed by atoms with E-state index in [9.17, 15) is 14.0 Å². The molecule has 33 heavy (non-hydrogen) atoms. The Morgan fingerprint density at radius 2 is 1.97 bits per heavy atom. The molecule has 174 valence electrons.